The molecule has 0 atom stereocenters. The molecule has 0 aromatic heterocycles. The van der Waals surface area contributed by atoms with Crippen molar-refractivity contribution in [3.8, 4) is 0 Å². The molecule has 2 nitrogen and oxygen atoms in total. The van der Waals surface area contributed by atoms with E-state index in [1.54, 1.807) is 18.2 Å². The van der Waals surface area contributed by atoms with Crippen LogP contribution in [0.1, 0.15) is 16.7 Å². The fourth-order valence-electron chi connectivity index (χ4n) is 3.09. The second-order valence-corrected chi connectivity index (χ2v) is 6.46. The van der Waals surface area contributed by atoms with Gasteiger partial charge in [-0.2, -0.15) is 0 Å². The smallest absolute Gasteiger partial charge is 0.310 e. The number of benzene rings is 2. The van der Waals surface area contributed by atoms with Gasteiger partial charge in [-0.1, -0.05) is 47.5 Å². The molecule has 0 radical (unpaired) electrons. The topological polar surface area (TPSA) is 37.3 Å². The second kappa shape index (κ2) is 5.36. The minimum Gasteiger partial charge on any atom is -0.481 e. The Labute approximate surface area is 133 Å². The summed E-state index contributed by atoms with van der Waals surface area (Å²) in [5, 5.41) is 10.9. The average molecular weight is 321 g/mol. The molecule has 2 aromatic rings. The Balaban J connectivity index is 1.98. The lowest BCUT2D eigenvalue weighted by Crippen LogP contribution is -2.34. The average Bonchev–Trinajstić information content (AvgIpc) is 2.82. The molecule has 0 saturated carbocycles. The van der Waals surface area contributed by atoms with E-state index < -0.39 is 11.4 Å². The SMILES string of the molecule is O=C(O)C1(Cc2cc(Cl)ccc2Cl)Cc2ccccc2C1. The van der Waals surface area contributed by atoms with Crippen molar-refractivity contribution in [2.45, 2.75) is 19.3 Å². The number of aliphatic carboxylic acids is 1. The Bertz CT molecular complexity index is 685. The van der Waals surface area contributed by atoms with Gasteiger partial charge >= 0.3 is 5.97 Å². The van der Waals surface area contributed by atoms with Crippen molar-refractivity contribution in [1.29, 1.82) is 0 Å². The van der Waals surface area contributed by atoms with Crippen molar-refractivity contribution >= 4 is 29.2 Å². The first-order chi connectivity index (χ1) is 10.00. The van der Waals surface area contributed by atoms with E-state index in [9.17, 15) is 9.90 Å². The Hall–Kier alpha value is -1.51. The molecule has 0 amide bonds. The van der Waals surface area contributed by atoms with Gasteiger partial charge in [0.15, 0.2) is 0 Å². The van der Waals surface area contributed by atoms with E-state index in [-0.39, 0.29) is 0 Å². The third-order valence-electron chi connectivity index (χ3n) is 4.17. The largest absolute Gasteiger partial charge is 0.481 e. The highest BCUT2D eigenvalue weighted by Gasteiger charge is 2.44. The van der Waals surface area contributed by atoms with Gasteiger partial charge in [-0.15, -0.1) is 0 Å². The van der Waals surface area contributed by atoms with E-state index >= 15 is 0 Å². The van der Waals surface area contributed by atoms with Crippen LogP contribution >= 0.6 is 23.2 Å². The highest BCUT2D eigenvalue weighted by molar-refractivity contribution is 6.33. The summed E-state index contributed by atoms with van der Waals surface area (Å²) in [5.41, 5.74) is 2.17. The Morgan fingerprint density at radius 2 is 1.71 bits per heavy atom. The molecular weight excluding hydrogens is 307 g/mol. The summed E-state index contributed by atoms with van der Waals surface area (Å²) in [6.07, 6.45) is 1.44. The maximum Gasteiger partial charge on any atom is 0.310 e. The molecule has 1 N–H and O–H groups in total. The molecule has 0 spiro atoms. The van der Waals surface area contributed by atoms with Crippen LogP contribution in [0.2, 0.25) is 10.0 Å². The second-order valence-electron chi connectivity index (χ2n) is 5.62. The normalized spacial score (nSPS) is 15.7. The molecule has 21 heavy (non-hydrogen) atoms. The van der Waals surface area contributed by atoms with E-state index in [1.807, 2.05) is 24.3 Å². The van der Waals surface area contributed by atoms with E-state index in [1.165, 1.54) is 0 Å². The minimum atomic E-state index is -0.835. The number of carboxylic acid groups (broad SMARTS) is 1. The number of carbonyl (C=O) groups is 1. The first-order valence-electron chi connectivity index (χ1n) is 6.74. The van der Waals surface area contributed by atoms with Crippen LogP contribution in [0.25, 0.3) is 0 Å². The standard InChI is InChI=1S/C17H14Cl2O2/c18-14-5-6-15(19)13(7-14)10-17(16(20)21)8-11-3-1-2-4-12(11)9-17/h1-7H,8-10H2,(H,20,21). The lowest BCUT2D eigenvalue weighted by molar-refractivity contribution is -0.148. The molecule has 0 fully saturated rings. The molecule has 0 heterocycles. The number of hydrogen-bond donors (Lipinski definition) is 1. The van der Waals surface area contributed by atoms with Crippen LogP contribution < -0.4 is 0 Å². The molecule has 4 heteroatoms. The zero-order valence-electron chi connectivity index (χ0n) is 11.3. The van der Waals surface area contributed by atoms with Crippen LogP contribution in [-0.4, -0.2) is 11.1 Å². The number of carboxylic acids is 1. The van der Waals surface area contributed by atoms with Crippen molar-refractivity contribution in [2.75, 3.05) is 0 Å². The highest BCUT2D eigenvalue weighted by Crippen LogP contribution is 2.41. The van der Waals surface area contributed by atoms with Gasteiger partial charge < -0.3 is 5.11 Å². The van der Waals surface area contributed by atoms with Crippen molar-refractivity contribution in [1.82, 2.24) is 0 Å². The summed E-state index contributed by atoms with van der Waals surface area (Å²) in [6.45, 7) is 0. The molecule has 2 aromatic carbocycles. The third kappa shape index (κ3) is 2.66. The Morgan fingerprint density at radius 3 is 2.29 bits per heavy atom. The van der Waals surface area contributed by atoms with Crippen LogP contribution in [0.3, 0.4) is 0 Å². The highest BCUT2D eigenvalue weighted by atomic mass is 35.5. The molecule has 0 saturated heterocycles. The van der Waals surface area contributed by atoms with Crippen LogP contribution in [0.4, 0.5) is 0 Å². The van der Waals surface area contributed by atoms with Gasteiger partial charge in [-0.05, 0) is 54.2 Å². The summed E-state index contributed by atoms with van der Waals surface area (Å²) < 4.78 is 0. The Kier molecular flexibility index (Phi) is 3.68. The summed E-state index contributed by atoms with van der Waals surface area (Å²) >= 11 is 12.2. The number of hydrogen-bond acceptors (Lipinski definition) is 1. The van der Waals surface area contributed by atoms with Crippen molar-refractivity contribution in [2.24, 2.45) is 5.41 Å². The number of rotatable bonds is 3. The van der Waals surface area contributed by atoms with Crippen LogP contribution in [0, 0.1) is 5.41 Å². The van der Waals surface area contributed by atoms with Crippen LogP contribution in [-0.2, 0) is 24.1 Å². The molecule has 1 aliphatic carbocycles. The zero-order chi connectivity index (χ0) is 15.0. The van der Waals surface area contributed by atoms with Crippen molar-refractivity contribution in [3.63, 3.8) is 0 Å². The summed E-state index contributed by atoms with van der Waals surface area (Å²) in [7, 11) is 0. The molecule has 3 rings (SSSR count). The monoisotopic (exact) mass is 320 g/mol. The summed E-state index contributed by atoms with van der Waals surface area (Å²) in [6, 6.07) is 13.1. The lowest BCUT2D eigenvalue weighted by Gasteiger charge is -2.24. The predicted octanol–water partition coefficient (Wildman–Crippen LogP) is 4.41. The molecular formula is C17H14Cl2O2. The van der Waals surface area contributed by atoms with E-state index in [0.29, 0.717) is 29.3 Å². The quantitative estimate of drug-likeness (QED) is 0.909. The summed E-state index contributed by atoms with van der Waals surface area (Å²) in [5.74, 6) is -0.783. The van der Waals surface area contributed by atoms with Crippen molar-refractivity contribution in [3.05, 3.63) is 69.2 Å². The minimum absolute atomic E-state index is 0.385. The molecule has 1 aliphatic rings. The predicted molar refractivity (Wildman–Crippen MR) is 84.1 cm³/mol. The van der Waals surface area contributed by atoms with Gasteiger partial charge in [0.05, 0.1) is 5.41 Å². The van der Waals surface area contributed by atoms with Gasteiger partial charge in [0, 0.05) is 10.0 Å². The van der Waals surface area contributed by atoms with Crippen molar-refractivity contribution < 1.29 is 9.90 Å². The fraction of sp³-hybridized carbons (Fsp3) is 0.235. The van der Waals surface area contributed by atoms with Gasteiger partial charge in [-0.3, -0.25) is 4.79 Å². The van der Waals surface area contributed by atoms with Crippen LogP contribution in [0.5, 0.6) is 0 Å². The first-order valence-corrected chi connectivity index (χ1v) is 7.50. The molecule has 108 valence electrons. The van der Waals surface area contributed by atoms with Gasteiger partial charge in [0.1, 0.15) is 0 Å². The third-order valence-corrected chi connectivity index (χ3v) is 4.77. The van der Waals surface area contributed by atoms with E-state index in [0.717, 1.165) is 16.7 Å². The Morgan fingerprint density at radius 1 is 1.10 bits per heavy atom. The maximum absolute atomic E-state index is 11.9. The molecule has 0 aliphatic heterocycles. The zero-order valence-corrected chi connectivity index (χ0v) is 12.8. The fourth-order valence-corrected chi connectivity index (χ4v) is 3.47. The van der Waals surface area contributed by atoms with Crippen LogP contribution in [0.15, 0.2) is 42.5 Å². The summed E-state index contributed by atoms with van der Waals surface area (Å²) in [4.78, 5) is 11.9. The van der Waals surface area contributed by atoms with Gasteiger partial charge in [0.25, 0.3) is 0 Å². The number of halogens is 2. The van der Waals surface area contributed by atoms with Gasteiger partial charge in [-0.25, -0.2) is 0 Å². The first kappa shape index (κ1) is 14.4. The van der Waals surface area contributed by atoms with E-state index in [2.05, 4.69) is 0 Å². The maximum atomic E-state index is 11.9. The molecule has 0 unspecified atom stereocenters. The number of fused-ring (bicyclic) bond motifs is 1. The molecule has 0 bridgehead atoms. The van der Waals surface area contributed by atoms with E-state index in [4.69, 9.17) is 23.2 Å². The lowest BCUT2D eigenvalue weighted by atomic mass is 9.79. The van der Waals surface area contributed by atoms with Gasteiger partial charge in [0.2, 0.25) is 0 Å².